The number of fused-ring (bicyclic) bond motifs is 2. The number of aromatic nitrogens is 1. The van der Waals surface area contributed by atoms with Crippen LogP contribution in [0.25, 0.3) is 22.2 Å². The molecule has 31 heavy (non-hydrogen) atoms. The molecule has 0 saturated carbocycles. The second-order valence-corrected chi connectivity index (χ2v) is 7.60. The molecule has 154 valence electrons. The molecule has 1 aliphatic rings. The van der Waals surface area contributed by atoms with Gasteiger partial charge in [0.2, 0.25) is 0 Å². The summed E-state index contributed by atoms with van der Waals surface area (Å²) >= 11 is 0. The number of carboxylic acid groups (broad SMARTS) is 1. The first-order valence-electron chi connectivity index (χ1n) is 9.99. The summed E-state index contributed by atoms with van der Waals surface area (Å²) < 4.78 is 27.3. The van der Waals surface area contributed by atoms with Gasteiger partial charge in [0.25, 0.3) is 0 Å². The number of carboxylic acids is 1. The molecule has 0 amide bonds. The van der Waals surface area contributed by atoms with Crippen LogP contribution in [0, 0.1) is 11.6 Å². The lowest BCUT2D eigenvalue weighted by molar-refractivity contribution is 0.0698. The van der Waals surface area contributed by atoms with Crippen molar-refractivity contribution in [2.75, 3.05) is 11.4 Å². The fourth-order valence-electron chi connectivity index (χ4n) is 4.13. The second kappa shape index (κ2) is 7.47. The molecule has 2 heterocycles. The van der Waals surface area contributed by atoms with E-state index in [1.54, 1.807) is 42.5 Å². The lowest BCUT2D eigenvalue weighted by Crippen LogP contribution is -2.26. The number of pyridine rings is 1. The van der Waals surface area contributed by atoms with E-state index in [0.717, 1.165) is 24.0 Å². The fraction of sp³-hybridized carbons (Fsp3) is 0.120. The van der Waals surface area contributed by atoms with Crippen molar-refractivity contribution < 1.29 is 18.7 Å². The monoisotopic (exact) mass is 416 g/mol. The van der Waals surface area contributed by atoms with Gasteiger partial charge in [-0.2, -0.15) is 0 Å². The van der Waals surface area contributed by atoms with Crippen molar-refractivity contribution in [2.24, 2.45) is 0 Å². The molecule has 6 heteroatoms. The zero-order chi connectivity index (χ0) is 21.5. The number of aromatic carboxylic acids is 1. The third-order valence-electron chi connectivity index (χ3n) is 5.63. The van der Waals surface area contributed by atoms with Crippen molar-refractivity contribution in [3.63, 3.8) is 0 Å². The van der Waals surface area contributed by atoms with E-state index in [0.29, 0.717) is 34.5 Å². The van der Waals surface area contributed by atoms with Crippen LogP contribution in [0.15, 0.2) is 66.7 Å². The molecule has 1 aliphatic heterocycles. The number of anilines is 2. The van der Waals surface area contributed by atoms with Crippen LogP contribution in [0.1, 0.15) is 22.3 Å². The number of carbonyl (C=O) groups is 1. The number of rotatable bonds is 3. The molecule has 0 fully saturated rings. The number of aryl methyl sites for hydroxylation is 1. The second-order valence-electron chi connectivity index (χ2n) is 7.60. The molecule has 5 rings (SSSR count). The quantitative estimate of drug-likeness (QED) is 0.448. The van der Waals surface area contributed by atoms with Crippen LogP contribution in [-0.2, 0) is 6.42 Å². The van der Waals surface area contributed by atoms with Gasteiger partial charge in [-0.25, -0.2) is 18.6 Å². The Balaban J connectivity index is 1.68. The molecule has 0 bridgehead atoms. The Kier molecular flexibility index (Phi) is 4.62. The molecule has 1 aromatic heterocycles. The van der Waals surface area contributed by atoms with Crippen molar-refractivity contribution in [2.45, 2.75) is 12.8 Å². The zero-order valence-electron chi connectivity index (χ0n) is 16.5. The summed E-state index contributed by atoms with van der Waals surface area (Å²) in [6.45, 7) is 0.583. The van der Waals surface area contributed by atoms with E-state index in [1.807, 2.05) is 4.90 Å². The third-order valence-corrected chi connectivity index (χ3v) is 5.63. The van der Waals surface area contributed by atoms with Gasteiger partial charge in [-0.3, -0.25) is 0 Å². The predicted octanol–water partition coefficient (Wildman–Crippen LogP) is 5.96. The van der Waals surface area contributed by atoms with E-state index >= 15 is 0 Å². The van der Waals surface area contributed by atoms with Gasteiger partial charge in [0.15, 0.2) is 0 Å². The summed E-state index contributed by atoms with van der Waals surface area (Å²) in [4.78, 5) is 18.6. The maximum absolute atomic E-state index is 14.0. The Morgan fingerprint density at radius 2 is 1.68 bits per heavy atom. The largest absolute Gasteiger partial charge is 0.478 e. The SMILES string of the molecule is O=C(O)c1cc2ccc(-c3ccc(F)cc3)nc2cc1N1CCCc2ccc(F)cc21. The molecule has 4 aromatic rings. The highest BCUT2D eigenvalue weighted by molar-refractivity contribution is 6.01. The lowest BCUT2D eigenvalue weighted by Gasteiger charge is -2.32. The standard InChI is InChI=1S/C25H18F2N2O2/c26-18-7-3-15(4-8-18)21-10-6-17-12-20(25(30)31)24(14-22(17)28-21)29-11-1-2-16-5-9-19(27)13-23(16)29/h3-10,12-14H,1-2,11H2,(H,30,31). The van der Waals surface area contributed by atoms with Crippen LogP contribution in [-0.4, -0.2) is 22.6 Å². The van der Waals surface area contributed by atoms with E-state index in [4.69, 9.17) is 0 Å². The minimum atomic E-state index is -1.05. The first kappa shape index (κ1) is 19.2. The van der Waals surface area contributed by atoms with Gasteiger partial charge in [0.05, 0.1) is 22.5 Å². The minimum Gasteiger partial charge on any atom is -0.478 e. The average molecular weight is 416 g/mol. The van der Waals surface area contributed by atoms with Crippen LogP contribution < -0.4 is 4.90 Å². The summed E-state index contributed by atoms with van der Waals surface area (Å²) in [6.07, 6.45) is 1.65. The molecule has 4 nitrogen and oxygen atoms in total. The smallest absolute Gasteiger partial charge is 0.337 e. The van der Waals surface area contributed by atoms with E-state index in [9.17, 15) is 18.7 Å². The van der Waals surface area contributed by atoms with Crippen molar-refractivity contribution in [3.05, 3.63) is 89.5 Å². The number of benzene rings is 3. The number of nitrogens with zero attached hydrogens (tertiary/aromatic N) is 2. The highest BCUT2D eigenvalue weighted by Gasteiger charge is 2.24. The number of halogens is 2. The Labute approximate surface area is 177 Å². The Hall–Kier alpha value is -3.80. The Morgan fingerprint density at radius 3 is 2.45 bits per heavy atom. The third kappa shape index (κ3) is 3.50. The first-order valence-corrected chi connectivity index (χ1v) is 9.99. The van der Waals surface area contributed by atoms with Crippen molar-refractivity contribution in [3.8, 4) is 11.3 Å². The Bertz CT molecular complexity index is 1320. The summed E-state index contributed by atoms with van der Waals surface area (Å²) in [7, 11) is 0. The highest BCUT2D eigenvalue weighted by atomic mass is 19.1. The van der Waals surface area contributed by atoms with Gasteiger partial charge in [0, 0.05) is 23.2 Å². The van der Waals surface area contributed by atoms with Gasteiger partial charge < -0.3 is 10.0 Å². The van der Waals surface area contributed by atoms with E-state index in [2.05, 4.69) is 4.98 Å². The molecule has 0 aliphatic carbocycles. The molecule has 0 saturated heterocycles. The van der Waals surface area contributed by atoms with E-state index in [1.165, 1.54) is 24.3 Å². The maximum atomic E-state index is 14.0. The van der Waals surface area contributed by atoms with Crippen LogP contribution in [0.3, 0.4) is 0 Å². The molecule has 0 radical (unpaired) electrons. The van der Waals surface area contributed by atoms with Crippen molar-refractivity contribution >= 4 is 28.2 Å². The van der Waals surface area contributed by atoms with E-state index < -0.39 is 5.97 Å². The summed E-state index contributed by atoms with van der Waals surface area (Å²) in [6, 6.07) is 17.6. The Morgan fingerprint density at radius 1 is 0.903 bits per heavy atom. The van der Waals surface area contributed by atoms with Crippen molar-refractivity contribution in [1.29, 1.82) is 0 Å². The predicted molar refractivity (Wildman–Crippen MR) is 116 cm³/mol. The van der Waals surface area contributed by atoms with Gasteiger partial charge in [0.1, 0.15) is 11.6 Å². The highest BCUT2D eigenvalue weighted by Crippen LogP contribution is 2.38. The van der Waals surface area contributed by atoms with Gasteiger partial charge >= 0.3 is 5.97 Å². The fourth-order valence-corrected chi connectivity index (χ4v) is 4.13. The van der Waals surface area contributed by atoms with Crippen LogP contribution >= 0.6 is 0 Å². The van der Waals surface area contributed by atoms with Crippen LogP contribution in [0.2, 0.25) is 0 Å². The molecular formula is C25H18F2N2O2. The molecule has 3 aromatic carbocycles. The normalized spacial score (nSPS) is 13.3. The molecular weight excluding hydrogens is 398 g/mol. The average Bonchev–Trinajstić information content (AvgIpc) is 2.78. The zero-order valence-corrected chi connectivity index (χ0v) is 16.5. The molecule has 0 atom stereocenters. The van der Waals surface area contributed by atoms with Gasteiger partial charge in [-0.15, -0.1) is 0 Å². The number of hydrogen-bond acceptors (Lipinski definition) is 3. The van der Waals surface area contributed by atoms with E-state index in [-0.39, 0.29) is 17.2 Å². The molecule has 0 spiro atoms. The summed E-state index contributed by atoms with van der Waals surface area (Å²) in [5, 5.41) is 10.5. The lowest BCUT2D eigenvalue weighted by atomic mass is 9.98. The topological polar surface area (TPSA) is 53.4 Å². The first-order chi connectivity index (χ1) is 15.0. The minimum absolute atomic E-state index is 0.140. The number of hydrogen-bond donors (Lipinski definition) is 1. The maximum Gasteiger partial charge on any atom is 0.337 e. The van der Waals surface area contributed by atoms with Gasteiger partial charge in [-0.05, 0) is 73.0 Å². The van der Waals surface area contributed by atoms with Crippen molar-refractivity contribution in [1.82, 2.24) is 4.98 Å². The summed E-state index contributed by atoms with van der Waals surface area (Å²) in [5.41, 5.74) is 4.32. The van der Waals surface area contributed by atoms with Crippen LogP contribution in [0.4, 0.5) is 20.2 Å². The summed E-state index contributed by atoms with van der Waals surface area (Å²) in [5.74, 6) is -1.74. The molecule has 1 N–H and O–H groups in total. The van der Waals surface area contributed by atoms with Gasteiger partial charge in [-0.1, -0.05) is 12.1 Å². The molecule has 0 unspecified atom stereocenters. The van der Waals surface area contributed by atoms with Crippen LogP contribution in [0.5, 0.6) is 0 Å².